The summed E-state index contributed by atoms with van der Waals surface area (Å²) in [6.07, 6.45) is -4.06. The lowest BCUT2D eigenvalue weighted by atomic mass is 10.2. The second-order valence-electron chi connectivity index (χ2n) is 2.70. The van der Waals surface area contributed by atoms with Gasteiger partial charge in [0.25, 0.3) is 0 Å². The first-order chi connectivity index (χ1) is 5.02. The van der Waals surface area contributed by atoms with Crippen molar-refractivity contribution in [3.8, 4) is 0 Å². The van der Waals surface area contributed by atoms with Gasteiger partial charge in [-0.25, -0.2) is 4.39 Å². The number of nitrogens with one attached hydrogen (secondary N) is 1. The first kappa shape index (κ1) is 8.77. The summed E-state index contributed by atoms with van der Waals surface area (Å²) in [5, 5.41) is 2.16. The summed E-state index contributed by atoms with van der Waals surface area (Å²) < 4.78 is 47.6. The highest BCUT2D eigenvalue weighted by molar-refractivity contribution is 5.07. The summed E-state index contributed by atoms with van der Waals surface area (Å²) in [6, 6.07) is 0. The van der Waals surface area contributed by atoms with Gasteiger partial charge in [0.15, 0.2) is 0 Å². The van der Waals surface area contributed by atoms with Crippen molar-refractivity contribution in [1.82, 2.24) is 5.32 Å². The molecule has 0 atom stereocenters. The van der Waals surface area contributed by atoms with Gasteiger partial charge < -0.3 is 5.32 Å². The zero-order valence-electron chi connectivity index (χ0n) is 5.84. The minimum atomic E-state index is -4.22. The summed E-state index contributed by atoms with van der Waals surface area (Å²) in [5.74, 6) is 0. The second kappa shape index (κ2) is 2.62. The summed E-state index contributed by atoms with van der Waals surface area (Å²) >= 11 is 0. The fraction of sp³-hybridized carbons (Fsp3) is 1.00. The third-order valence-electron chi connectivity index (χ3n) is 1.85. The zero-order chi connectivity index (χ0) is 8.54. The zero-order valence-corrected chi connectivity index (χ0v) is 5.84. The van der Waals surface area contributed by atoms with Crippen LogP contribution in [-0.4, -0.2) is 24.9 Å². The Hall–Kier alpha value is -0.320. The van der Waals surface area contributed by atoms with Gasteiger partial charge in [-0.3, -0.25) is 0 Å². The van der Waals surface area contributed by atoms with Crippen molar-refractivity contribution in [1.29, 1.82) is 0 Å². The van der Waals surface area contributed by atoms with Crippen LogP contribution < -0.4 is 5.32 Å². The predicted molar refractivity (Wildman–Crippen MR) is 32.0 cm³/mol. The molecule has 0 spiro atoms. The summed E-state index contributed by atoms with van der Waals surface area (Å²) in [7, 11) is 0. The highest BCUT2D eigenvalue weighted by Crippen LogP contribution is 2.48. The molecular weight excluding hydrogens is 162 g/mol. The normalized spacial score (nSPS) is 21.8. The van der Waals surface area contributed by atoms with E-state index in [-0.39, 0.29) is 19.4 Å². The summed E-state index contributed by atoms with van der Waals surface area (Å²) in [5.41, 5.74) is -1.75. The van der Waals surface area contributed by atoms with Gasteiger partial charge in [0.1, 0.15) is 12.2 Å². The van der Waals surface area contributed by atoms with Crippen molar-refractivity contribution in [3.63, 3.8) is 0 Å². The first-order valence-electron chi connectivity index (χ1n) is 3.39. The van der Waals surface area contributed by atoms with E-state index in [4.69, 9.17) is 0 Å². The van der Waals surface area contributed by atoms with E-state index in [2.05, 4.69) is 5.32 Å². The van der Waals surface area contributed by atoms with E-state index in [1.165, 1.54) is 0 Å². The van der Waals surface area contributed by atoms with E-state index >= 15 is 0 Å². The molecule has 0 aromatic rings. The molecule has 0 saturated heterocycles. The molecule has 1 aliphatic carbocycles. The quantitative estimate of drug-likeness (QED) is 0.636. The fourth-order valence-corrected chi connectivity index (χ4v) is 0.972. The topological polar surface area (TPSA) is 12.0 Å². The van der Waals surface area contributed by atoms with Gasteiger partial charge in [-0.2, -0.15) is 13.2 Å². The Kier molecular flexibility index (Phi) is 2.09. The molecule has 0 heterocycles. The van der Waals surface area contributed by atoms with E-state index in [0.29, 0.717) is 0 Å². The molecule has 1 saturated carbocycles. The van der Waals surface area contributed by atoms with Crippen LogP contribution in [0.5, 0.6) is 0 Å². The Morgan fingerprint density at radius 1 is 1.27 bits per heavy atom. The summed E-state index contributed by atoms with van der Waals surface area (Å²) in [6.45, 7) is -0.961. The Morgan fingerprint density at radius 2 is 1.82 bits per heavy atom. The maximum Gasteiger partial charge on any atom is 0.406 e. The SMILES string of the molecule is FCCNC1(C(F)(F)F)CC1. The standard InChI is InChI=1S/C6H9F4N/c7-3-4-11-5(1-2-5)6(8,9)10/h11H,1-4H2. The van der Waals surface area contributed by atoms with E-state index in [9.17, 15) is 17.6 Å². The van der Waals surface area contributed by atoms with E-state index in [1.54, 1.807) is 0 Å². The molecule has 0 amide bonds. The molecule has 0 aromatic heterocycles. The van der Waals surface area contributed by atoms with Crippen LogP contribution in [0.1, 0.15) is 12.8 Å². The van der Waals surface area contributed by atoms with Crippen LogP contribution in [0.2, 0.25) is 0 Å². The molecule has 1 fully saturated rings. The van der Waals surface area contributed by atoms with Crippen LogP contribution in [0, 0.1) is 0 Å². The molecule has 1 aliphatic rings. The molecule has 5 heteroatoms. The second-order valence-corrected chi connectivity index (χ2v) is 2.70. The van der Waals surface area contributed by atoms with Crippen LogP contribution in [0.15, 0.2) is 0 Å². The monoisotopic (exact) mass is 171 g/mol. The average Bonchev–Trinajstić information content (AvgIpc) is 2.61. The summed E-state index contributed by atoms with van der Waals surface area (Å²) in [4.78, 5) is 0. The Balaban J connectivity index is 2.41. The Bertz CT molecular complexity index is 138. The lowest BCUT2D eigenvalue weighted by Gasteiger charge is -2.19. The van der Waals surface area contributed by atoms with Crippen LogP contribution in [-0.2, 0) is 0 Å². The van der Waals surface area contributed by atoms with Gasteiger partial charge in [-0.1, -0.05) is 0 Å². The molecule has 0 aliphatic heterocycles. The highest BCUT2D eigenvalue weighted by Gasteiger charge is 2.62. The van der Waals surface area contributed by atoms with E-state index in [0.717, 1.165) is 0 Å². The average molecular weight is 171 g/mol. The Morgan fingerprint density at radius 3 is 2.09 bits per heavy atom. The van der Waals surface area contributed by atoms with Gasteiger partial charge in [0.05, 0.1) is 0 Å². The van der Waals surface area contributed by atoms with Crippen LogP contribution in [0.25, 0.3) is 0 Å². The number of halogens is 4. The van der Waals surface area contributed by atoms with Crippen molar-refractivity contribution < 1.29 is 17.6 Å². The van der Waals surface area contributed by atoms with Crippen molar-refractivity contribution in [2.75, 3.05) is 13.2 Å². The smallest absolute Gasteiger partial charge is 0.301 e. The van der Waals surface area contributed by atoms with Crippen molar-refractivity contribution in [2.24, 2.45) is 0 Å². The maximum absolute atomic E-state index is 12.0. The molecule has 0 aromatic carbocycles. The van der Waals surface area contributed by atoms with Crippen molar-refractivity contribution >= 4 is 0 Å². The van der Waals surface area contributed by atoms with Crippen molar-refractivity contribution in [3.05, 3.63) is 0 Å². The first-order valence-corrected chi connectivity index (χ1v) is 3.39. The largest absolute Gasteiger partial charge is 0.406 e. The molecule has 0 bridgehead atoms. The molecule has 1 rings (SSSR count). The van der Waals surface area contributed by atoms with E-state index in [1.807, 2.05) is 0 Å². The number of hydrogen-bond acceptors (Lipinski definition) is 1. The third kappa shape index (κ3) is 1.64. The molecule has 1 nitrogen and oxygen atoms in total. The van der Waals surface area contributed by atoms with Crippen molar-refractivity contribution in [2.45, 2.75) is 24.6 Å². The molecule has 0 unspecified atom stereocenters. The van der Waals surface area contributed by atoms with Crippen LogP contribution in [0.4, 0.5) is 17.6 Å². The molecule has 1 N–H and O–H groups in total. The minimum absolute atomic E-state index is 0.0799. The maximum atomic E-state index is 12.0. The minimum Gasteiger partial charge on any atom is -0.301 e. The highest BCUT2D eigenvalue weighted by atomic mass is 19.4. The van der Waals surface area contributed by atoms with Gasteiger partial charge in [-0.15, -0.1) is 0 Å². The molecular formula is C6H9F4N. The molecule has 11 heavy (non-hydrogen) atoms. The van der Waals surface area contributed by atoms with Crippen LogP contribution >= 0.6 is 0 Å². The van der Waals surface area contributed by atoms with Gasteiger partial charge >= 0.3 is 6.18 Å². The number of alkyl halides is 4. The molecule has 0 radical (unpaired) electrons. The Labute approximate surface area is 61.8 Å². The van der Waals surface area contributed by atoms with Crippen LogP contribution in [0.3, 0.4) is 0 Å². The van der Waals surface area contributed by atoms with Gasteiger partial charge in [-0.05, 0) is 12.8 Å². The number of hydrogen-bond donors (Lipinski definition) is 1. The van der Waals surface area contributed by atoms with Gasteiger partial charge in [0, 0.05) is 6.54 Å². The lowest BCUT2D eigenvalue weighted by Crippen LogP contribution is -2.45. The van der Waals surface area contributed by atoms with Gasteiger partial charge in [0.2, 0.25) is 0 Å². The molecule has 66 valence electrons. The third-order valence-corrected chi connectivity index (χ3v) is 1.85. The lowest BCUT2D eigenvalue weighted by molar-refractivity contribution is -0.165. The number of rotatable bonds is 3. The fourth-order valence-electron chi connectivity index (χ4n) is 0.972. The predicted octanol–water partition coefficient (Wildman–Crippen LogP) is 1.64. The van der Waals surface area contributed by atoms with E-state index < -0.39 is 18.4 Å².